The Morgan fingerprint density at radius 3 is 2.79 bits per heavy atom. The molecule has 3 aromatic rings. The zero-order valence-electron chi connectivity index (χ0n) is 16.1. The topological polar surface area (TPSA) is 80.2 Å². The zero-order valence-corrected chi connectivity index (χ0v) is 17.6. The number of halogens is 1. The molecule has 0 aliphatic heterocycles. The molecule has 3 aromatic carbocycles. The molecule has 1 atom stereocenters. The number of benzene rings is 3. The van der Waals surface area contributed by atoms with Gasteiger partial charge < -0.3 is 14.6 Å². The molecule has 0 aliphatic carbocycles. The van der Waals surface area contributed by atoms with Gasteiger partial charge in [0.1, 0.15) is 17.2 Å². The normalized spacial score (nSPS) is 12.1. The Bertz CT molecular complexity index is 1050. The quantitative estimate of drug-likeness (QED) is 0.401. The van der Waals surface area contributed by atoms with E-state index in [1.807, 2.05) is 43.3 Å². The van der Waals surface area contributed by atoms with Gasteiger partial charge >= 0.3 is 0 Å². The molecule has 0 saturated heterocycles. The number of aromatic hydroxyl groups is 1. The van der Waals surface area contributed by atoms with Crippen LogP contribution in [0, 0.1) is 0 Å². The molecule has 6 nitrogen and oxygen atoms in total. The molecule has 0 aliphatic rings. The van der Waals surface area contributed by atoms with Gasteiger partial charge in [-0.15, -0.1) is 0 Å². The Morgan fingerprint density at radius 2 is 2.03 bits per heavy atom. The minimum Gasteiger partial charge on any atom is -0.507 e. The first-order valence-corrected chi connectivity index (χ1v) is 9.86. The average Bonchev–Trinajstić information content (AvgIpc) is 2.74. The first-order chi connectivity index (χ1) is 14.0. The van der Waals surface area contributed by atoms with Crippen LogP contribution in [-0.4, -0.2) is 30.4 Å². The molecule has 0 saturated carbocycles. The van der Waals surface area contributed by atoms with Gasteiger partial charge in [0.25, 0.3) is 5.91 Å². The smallest absolute Gasteiger partial charge is 0.281 e. The van der Waals surface area contributed by atoms with Gasteiger partial charge in [0.15, 0.2) is 6.10 Å². The summed E-state index contributed by atoms with van der Waals surface area (Å²) in [5, 5.41) is 15.9. The van der Waals surface area contributed by atoms with Crippen molar-refractivity contribution in [3.63, 3.8) is 0 Å². The monoisotopic (exact) mass is 456 g/mol. The lowest BCUT2D eigenvalue weighted by molar-refractivity contribution is -0.128. The second-order valence-corrected chi connectivity index (χ2v) is 7.07. The highest BCUT2D eigenvalue weighted by molar-refractivity contribution is 9.10. The summed E-state index contributed by atoms with van der Waals surface area (Å²) in [4.78, 5) is 12.5. The fourth-order valence-corrected chi connectivity index (χ4v) is 3.37. The maximum absolute atomic E-state index is 12.5. The van der Waals surface area contributed by atoms with Gasteiger partial charge in [-0.25, -0.2) is 5.43 Å². The van der Waals surface area contributed by atoms with Crippen LogP contribution in [-0.2, 0) is 4.79 Å². The van der Waals surface area contributed by atoms with Crippen LogP contribution in [0.1, 0.15) is 18.9 Å². The minimum atomic E-state index is -0.719. The summed E-state index contributed by atoms with van der Waals surface area (Å²) in [5.41, 5.74) is 2.89. The Labute approximate surface area is 177 Å². The molecule has 3 rings (SSSR count). The van der Waals surface area contributed by atoms with Crippen molar-refractivity contribution < 1.29 is 19.4 Å². The summed E-state index contributed by atoms with van der Waals surface area (Å²) < 4.78 is 11.8. The molecule has 150 valence electrons. The van der Waals surface area contributed by atoms with E-state index in [-0.39, 0.29) is 11.7 Å². The Balaban J connectivity index is 1.70. The van der Waals surface area contributed by atoms with Crippen molar-refractivity contribution in [1.29, 1.82) is 0 Å². The predicted octanol–water partition coefficient (Wildman–Crippen LogP) is 4.62. The van der Waals surface area contributed by atoms with Gasteiger partial charge in [0.05, 0.1) is 17.8 Å². The number of hydrazone groups is 1. The molecule has 1 amide bonds. The van der Waals surface area contributed by atoms with Crippen molar-refractivity contribution in [3.05, 3.63) is 64.6 Å². The Hall–Kier alpha value is -3.06. The van der Waals surface area contributed by atoms with E-state index in [0.717, 1.165) is 15.2 Å². The van der Waals surface area contributed by atoms with E-state index in [2.05, 4.69) is 26.5 Å². The second-order valence-electron chi connectivity index (χ2n) is 6.27. The number of nitrogens with zero attached hydrogens (tertiary/aromatic N) is 1. The van der Waals surface area contributed by atoms with E-state index >= 15 is 0 Å². The summed E-state index contributed by atoms with van der Waals surface area (Å²) >= 11 is 3.57. The van der Waals surface area contributed by atoms with Gasteiger partial charge in [-0.05, 0) is 57.4 Å². The maximum Gasteiger partial charge on any atom is 0.281 e. The molecule has 0 fully saturated rings. The van der Waals surface area contributed by atoms with E-state index in [0.29, 0.717) is 23.5 Å². The molecule has 0 bridgehead atoms. The molecule has 2 N–H and O–H groups in total. The lowest BCUT2D eigenvalue weighted by atomic mass is 10.1. The van der Waals surface area contributed by atoms with Crippen molar-refractivity contribution in [2.75, 3.05) is 7.11 Å². The second kappa shape index (κ2) is 9.43. The van der Waals surface area contributed by atoms with Crippen molar-refractivity contribution in [3.8, 4) is 17.2 Å². The zero-order chi connectivity index (χ0) is 20.8. The van der Waals surface area contributed by atoms with Crippen molar-refractivity contribution in [2.24, 2.45) is 5.10 Å². The summed E-state index contributed by atoms with van der Waals surface area (Å²) in [6.07, 6.45) is 1.10. The highest BCUT2D eigenvalue weighted by Gasteiger charge is 2.19. The van der Waals surface area contributed by atoms with Crippen molar-refractivity contribution in [2.45, 2.75) is 19.4 Å². The number of amides is 1. The Morgan fingerprint density at radius 1 is 1.24 bits per heavy atom. The molecule has 1 unspecified atom stereocenters. The third kappa shape index (κ3) is 4.86. The van der Waals surface area contributed by atoms with Gasteiger partial charge in [-0.2, -0.15) is 5.10 Å². The maximum atomic E-state index is 12.5. The van der Waals surface area contributed by atoms with Crippen molar-refractivity contribution in [1.82, 2.24) is 5.43 Å². The highest BCUT2D eigenvalue weighted by Crippen LogP contribution is 2.33. The molecular weight excluding hydrogens is 436 g/mol. The first-order valence-electron chi connectivity index (χ1n) is 9.07. The highest BCUT2D eigenvalue weighted by atomic mass is 79.9. The molecule has 0 spiro atoms. The summed E-state index contributed by atoms with van der Waals surface area (Å²) in [6.45, 7) is 1.86. The number of phenolic OH excluding ortho intramolecular Hbond substituents is 1. The van der Waals surface area contributed by atoms with E-state index < -0.39 is 6.10 Å². The first kappa shape index (κ1) is 20.7. The summed E-state index contributed by atoms with van der Waals surface area (Å²) in [5.74, 6) is 0.810. The molecule has 7 heteroatoms. The third-order valence-corrected chi connectivity index (χ3v) is 5.19. The Kier molecular flexibility index (Phi) is 6.72. The number of phenols is 1. The van der Waals surface area contributed by atoms with E-state index in [1.165, 1.54) is 19.4 Å². The third-order valence-electron chi connectivity index (χ3n) is 4.37. The average molecular weight is 457 g/mol. The van der Waals surface area contributed by atoms with Crippen LogP contribution in [0.4, 0.5) is 0 Å². The number of carbonyl (C=O) groups excluding carboxylic acids is 1. The fraction of sp³-hybridized carbons (Fsp3) is 0.182. The van der Waals surface area contributed by atoms with Crippen LogP contribution in [0.15, 0.2) is 64.2 Å². The van der Waals surface area contributed by atoms with Crippen LogP contribution >= 0.6 is 15.9 Å². The van der Waals surface area contributed by atoms with Crippen LogP contribution in [0.5, 0.6) is 17.2 Å². The number of ether oxygens (including phenoxy) is 2. The van der Waals surface area contributed by atoms with E-state index in [4.69, 9.17) is 9.47 Å². The standard InChI is InChI=1S/C22H21BrN2O4/c1-3-19(29-20-11-8-14-6-4-5-7-17(14)21(20)23)22(27)25-24-13-15-12-16(28-2)9-10-18(15)26/h4-13,19,26H,3H2,1-2H3,(H,25,27)/b24-13+. The number of fused-ring (bicyclic) bond motifs is 1. The lowest BCUT2D eigenvalue weighted by Gasteiger charge is -2.17. The molecule has 0 radical (unpaired) electrons. The fourth-order valence-electron chi connectivity index (χ4n) is 2.78. The molecule has 0 aromatic heterocycles. The van der Waals surface area contributed by atoms with E-state index in [1.54, 1.807) is 12.1 Å². The minimum absolute atomic E-state index is 0.0344. The van der Waals surface area contributed by atoms with Gasteiger partial charge in [0.2, 0.25) is 0 Å². The SMILES string of the molecule is CCC(Oc1ccc2ccccc2c1Br)C(=O)N/N=C/c1cc(OC)ccc1O. The summed E-state index contributed by atoms with van der Waals surface area (Å²) in [6, 6.07) is 16.4. The largest absolute Gasteiger partial charge is 0.507 e. The lowest BCUT2D eigenvalue weighted by Crippen LogP contribution is -2.35. The van der Waals surface area contributed by atoms with Crippen molar-refractivity contribution >= 4 is 38.8 Å². The number of hydrogen-bond donors (Lipinski definition) is 2. The summed E-state index contributed by atoms with van der Waals surface area (Å²) in [7, 11) is 1.53. The molecule has 29 heavy (non-hydrogen) atoms. The number of nitrogens with one attached hydrogen (secondary N) is 1. The number of rotatable bonds is 7. The van der Waals surface area contributed by atoms with Crippen LogP contribution in [0.25, 0.3) is 10.8 Å². The molecular formula is C22H21BrN2O4. The van der Waals surface area contributed by atoms with Gasteiger partial charge in [-0.1, -0.05) is 37.3 Å². The van der Waals surface area contributed by atoms with Crippen LogP contribution < -0.4 is 14.9 Å². The van der Waals surface area contributed by atoms with Gasteiger partial charge in [0, 0.05) is 5.56 Å². The predicted molar refractivity (Wildman–Crippen MR) is 117 cm³/mol. The van der Waals surface area contributed by atoms with Crippen LogP contribution in [0.2, 0.25) is 0 Å². The number of methoxy groups -OCH3 is 1. The van der Waals surface area contributed by atoms with Crippen LogP contribution in [0.3, 0.4) is 0 Å². The number of hydrogen-bond acceptors (Lipinski definition) is 5. The van der Waals surface area contributed by atoms with E-state index in [9.17, 15) is 9.90 Å². The number of carbonyl (C=O) groups is 1. The van der Waals surface area contributed by atoms with Gasteiger partial charge in [-0.3, -0.25) is 4.79 Å². The molecule has 0 heterocycles.